The van der Waals surface area contributed by atoms with Gasteiger partial charge in [-0.2, -0.15) is 0 Å². The quantitative estimate of drug-likeness (QED) is 0.459. The van der Waals surface area contributed by atoms with Gasteiger partial charge in [-0.25, -0.2) is 4.99 Å². The third-order valence-electron chi connectivity index (χ3n) is 4.80. The maximum absolute atomic E-state index is 12.6. The number of esters is 1. The second-order valence-corrected chi connectivity index (χ2v) is 7.70. The summed E-state index contributed by atoms with van der Waals surface area (Å²) >= 11 is 1.41. The summed E-state index contributed by atoms with van der Waals surface area (Å²) in [6.45, 7) is 1.83. The molecule has 4 rings (SSSR count). The Hall–Kier alpha value is -3.12. The zero-order chi connectivity index (χ0) is 20.4. The molecule has 0 bridgehead atoms. The van der Waals surface area contributed by atoms with Crippen molar-refractivity contribution < 1.29 is 19.1 Å². The Kier molecular flexibility index (Phi) is 5.36. The molecule has 0 aromatic heterocycles. The molecule has 1 amide bonds. The van der Waals surface area contributed by atoms with Gasteiger partial charge in [0, 0.05) is 5.56 Å². The Morgan fingerprint density at radius 3 is 2.38 bits per heavy atom. The smallest absolute Gasteiger partial charge is 0.318 e. The second kappa shape index (κ2) is 8.09. The standard InChI is InChI=1S/C23H19NO4S/c1-14(16-3-4-18-12-20(27-2)10-7-17(18)11-16)23(26)28-19-8-5-15(6-9-19)22-24-21(25)13-29-22/h3-12,14H,13H2,1-2H3. The molecule has 146 valence electrons. The summed E-state index contributed by atoms with van der Waals surface area (Å²) in [5.74, 6) is 0.783. The highest BCUT2D eigenvalue weighted by Gasteiger charge is 2.19. The number of methoxy groups -OCH3 is 1. The molecule has 1 unspecified atom stereocenters. The lowest BCUT2D eigenvalue weighted by Gasteiger charge is -2.13. The fourth-order valence-electron chi connectivity index (χ4n) is 3.10. The van der Waals surface area contributed by atoms with Crippen LogP contribution in [0.3, 0.4) is 0 Å². The zero-order valence-electron chi connectivity index (χ0n) is 16.0. The lowest BCUT2D eigenvalue weighted by Crippen LogP contribution is -2.16. The average Bonchev–Trinajstić information content (AvgIpc) is 3.19. The number of benzene rings is 3. The van der Waals surface area contributed by atoms with Crippen molar-refractivity contribution in [3.63, 3.8) is 0 Å². The van der Waals surface area contributed by atoms with Crippen molar-refractivity contribution in [2.24, 2.45) is 4.99 Å². The minimum atomic E-state index is -0.409. The molecule has 0 aliphatic carbocycles. The number of thioether (sulfide) groups is 1. The van der Waals surface area contributed by atoms with Crippen LogP contribution in [0.5, 0.6) is 11.5 Å². The van der Waals surface area contributed by atoms with Crippen LogP contribution in [-0.4, -0.2) is 29.8 Å². The second-order valence-electron chi connectivity index (χ2n) is 6.74. The fourth-order valence-corrected chi connectivity index (χ4v) is 3.89. The van der Waals surface area contributed by atoms with Crippen molar-refractivity contribution >= 4 is 39.5 Å². The molecule has 0 radical (unpaired) electrons. The molecular formula is C23H19NO4S. The molecule has 3 aromatic rings. The van der Waals surface area contributed by atoms with E-state index in [1.165, 1.54) is 11.8 Å². The van der Waals surface area contributed by atoms with Gasteiger partial charge < -0.3 is 9.47 Å². The molecule has 6 heteroatoms. The molecule has 1 aliphatic rings. The van der Waals surface area contributed by atoms with Crippen molar-refractivity contribution in [1.29, 1.82) is 0 Å². The predicted molar refractivity (Wildman–Crippen MR) is 115 cm³/mol. The van der Waals surface area contributed by atoms with Crippen LogP contribution in [0.2, 0.25) is 0 Å². The minimum absolute atomic E-state index is 0.122. The molecule has 1 aliphatic heterocycles. The number of rotatable bonds is 5. The Labute approximate surface area is 172 Å². The molecule has 0 spiro atoms. The highest BCUT2D eigenvalue weighted by molar-refractivity contribution is 8.15. The van der Waals surface area contributed by atoms with Gasteiger partial charge in [-0.3, -0.25) is 9.59 Å². The summed E-state index contributed by atoms with van der Waals surface area (Å²) < 4.78 is 10.8. The van der Waals surface area contributed by atoms with Crippen molar-refractivity contribution in [2.75, 3.05) is 12.9 Å². The van der Waals surface area contributed by atoms with Gasteiger partial charge in [0.2, 0.25) is 0 Å². The molecule has 5 nitrogen and oxygen atoms in total. The van der Waals surface area contributed by atoms with Gasteiger partial charge in [-0.15, -0.1) is 0 Å². The highest BCUT2D eigenvalue weighted by Crippen LogP contribution is 2.27. The van der Waals surface area contributed by atoms with Crippen molar-refractivity contribution in [1.82, 2.24) is 0 Å². The van der Waals surface area contributed by atoms with Crippen LogP contribution in [0.15, 0.2) is 65.7 Å². The number of amides is 1. The monoisotopic (exact) mass is 405 g/mol. The molecule has 1 heterocycles. The van der Waals surface area contributed by atoms with E-state index in [9.17, 15) is 9.59 Å². The Morgan fingerprint density at radius 2 is 1.69 bits per heavy atom. The average molecular weight is 405 g/mol. The van der Waals surface area contributed by atoms with Crippen molar-refractivity contribution in [3.8, 4) is 11.5 Å². The van der Waals surface area contributed by atoms with Crippen molar-refractivity contribution in [3.05, 3.63) is 71.8 Å². The van der Waals surface area contributed by atoms with Gasteiger partial charge in [0.1, 0.15) is 16.5 Å². The van der Waals surface area contributed by atoms with E-state index in [1.54, 1.807) is 31.4 Å². The first kappa shape index (κ1) is 19.2. The van der Waals surface area contributed by atoms with E-state index in [-0.39, 0.29) is 11.9 Å². The Balaban J connectivity index is 1.47. The van der Waals surface area contributed by atoms with Gasteiger partial charge >= 0.3 is 5.97 Å². The normalized spacial score (nSPS) is 14.6. The zero-order valence-corrected chi connectivity index (χ0v) is 16.9. The van der Waals surface area contributed by atoms with Crippen LogP contribution in [0, 0.1) is 0 Å². The summed E-state index contributed by atoms with van der Waals surface area (Å²) in [5, 5.41) is 2.79. The summed E-state index contributed by atoms with van der Waals surface area (Å²) in [6.07, 6.45) is 0. The van der Waals surface area contributed by atoms with Crippen LogP contribution < -0.4 is 9.47 Å². The molecular weight excluding hydrogens is 386 g/mol. The first-order chi connectivity index (χ1) is 14.0. The van der Waals surface area contributed by atoms with E-state index in [4.69, 9.17) is 9.47 Å². The molecule has 1 atom stereocenters. The van der Waals surface area contributed by atoms with E-state index >= 15 is 0 Å². The van der Waals surface area contributed by atoms with Gasteiger partial charge in [0.05, 0.1) is 18.8 Å². The maximum Gasteiger partial charge on any atom is 0.318 e. The van der Waals surface area contributed by atoms with Gasteiger partial charge in [-0.05, 0) is 59.7 Å². The van der Waals surface area contributed by atoms with Gasteiger partial charge in [-0.1, -0.05) is 36.0 Å². The molecule has 3 aromatic carbocycles. The van der Waals surface area contributed by atoms with E-state index in [2.05, 4.69) is 4.99 Å². The van der Waals surface area contributed by atoms with Crippen molar-refractivity contribution in [2.45, 2.75) is 12.8 Å². The van der Waals surface area contributed by atoms with Crippen LogP contribution in [0.25, 0.3) is 10.8 Å². The number of carbonyl (C=O) groups is 2. The van der Waals surface area contributed by atoms with Gasteiger partial charge in [0.15, 0.2) is 0 Å². The molecule has 29 heavy (non-hydrogen) atoms. The largest absolute Gasteiger partial charge is 0.497 e. The highest BCUT2D eigenvalue weighted by atomic mass is 32.2. The Morgan fingerprint density at radius 1 is 1.00 bits per heavy atom. The molecule has 0 saturated heterocycles. The van der Waals surface area contributed by atoms with Crippen LogP contribution in [0.1, 0.15) is 24.0 Å². The van der Waals surface area contributed by atoms with E-state index in [0.29, 0.717) is 16.5 Å². The number of fused-ring (bicyclic) bond motifs is 1. The first-order valence-corrected chi connectivity index (χ1v) is 10.2. The van der Waals surface area contributed by atoms with E-state index < -0.39 is 5.92 Å². The van der Waals surface area contributed by atoms with Crippen LogP contribution >= 0.6 is 11.8 Å². The third kappa shape index (κ3) is 4.17. The molecule has 0 fully saturated rings. The Bertz CT molecular complexity index is 1120. The predicted octanol–water partition coefficient (Wildman–Crippen LogP) is 4.58. The molecule has 0 N–H and O–H groups in total. The third-order valence-corrected chi connectivity index (χ3v) is 5.80. The SMILES string of the molecule is COc1ccc2cc(C(C)C(=O)Oc3ccc(C4=NC(=O)CS4)cc3)ccc2c1. The topological polar surface area (TPSA) is 65.0 Å². The number of nitrogens with zero attached hydrogens (tertiary/aromatic N) is 1. The molecule has 0 saturated carbocycles. The van der Waals surface area contributed by atoms with Crippen LogP contribution in [-0.2, 0) is 9.59 Å². The maximum atomic E-state index is 12.6. The lowest BCUT2D eigenvalue weighted by molar-refractivity contribution is -0.135. The fraction of sp³-hybridized carbons (Fsp3) is 0.174. The van der Waals surface area contributed by atoms with Gasteiger partial charge in [0.25, 0.3) is 5.91 Å². The number of hydrogen-bond donors (Lipinski definition) is 0. The van der Waals surface area contributed by atoms with E-state index in [1.807, 2.05) is 43.3 Å². The number of hydrogen-bond acceptors (Lipinski definition) is 5. The summed E-state index contributed by atoms with van der Waals surface area (Å²) in [5.41, 5.74) is 1.73. The number of ether oxygens (including phenoxy) is 2. The summed E-state index contributed by atoms with van der Waals surface area (Å²) in [6, 6.07) is 18.8. The number of aliphatic imine (C=N–C) groups is 1. The lowest BCUT2D eigenvalue weighted by atomic mass is 9.98. The van der Waals surface area contributed by atoms with Crippen LogP contribution in [0.4, 0.5) is 0 Å². The minimum Gasteiger partial charge on any atom is -0.497 e. The number of carbonyl (C=O) groups excluding carboxylic acids is 2. The summed E-state index contributed by atoms with van der Waals surface area (Å²) in [7, 11) is 1.64. The van der Waals surface area contributed by atoms with E-state index in [0.717, 1.165) is 27.6 Å². The first-order valence-electron chi connectivity index (χ1n) is 9.17. The summed E-state index contributed by atoms with van der Waals surface area (Å²) in [4.78, 5) is 27.9.